The Bertz CT molecular complexity index is 92.1. The number of hydrogen-bond donors (Lipinski definition) is 1. The molecular formula is C8H17NO2. The number of hydrogen-bond acceptors (Lipinski definition) is 3. The summed E-state index contributed by atoms with van der Waals surface area (Å²) in [7, 11) is 0. The number of ether oxygens (including phenoxy) is 1. The van der Waals surface area contributed by atoms with Crippen molar-refractivity contribution in [1.29, 1.82) is 0 Å². The molecule has 11 heavy (non-hydrogen) atoms. The largest absolute Gasteiger partial charge is 0.376 e. The molecule has 66 valence electrons. The van der Waals surface area contributed by atoms with Crippen molar-refractivity contribution in [2.75, 3.05) is 13.2 Å². The first-order valence-electron chi connectivity index (χ1n) is 4.37. The molecule has 0 spiro atoms. The van der Waals surface area contributed by atoms with Gasteiger partial charge in [0.2, 0.25) is 0 Å². The Hall–Kier alpha value is -0.120. The standard InChI is InChI=1S/C8H17NO2/c9-11-7-6-10-8-4-2-1-3-5-8/h8H,1-7,9H2. The molecule has 0 aromatic carbocycles. The van der Waals surface area contributed by atoms with E-state index in [1.165, 1.54) is 32.1 Å². The molecule has 0 aromatic rings. The molecule has 0 aliphatic heterocycles. The minimum Gasteiger partial charge on any atom is -0.376 e. The first-order chi connectivity index (χ1) is 5.43. The fourth-order valence-corrected chi connectivity index (χ4v) is 1.49. The Balaban J connectivity index is 1.96. The molecule has 0 heterocycles. The van der Waals surface area contributed by atoms with Gasteiger partial charge in [-0.2, -0.15) is 0 Å². The van der Waals surface area contributed by atoms with Crippen molar-refractivity contribution in [1.82, 2.24) is 0 Å². The molecule has 3 nitrogen and oxygen atoms in total. The molecule has 0 aromatic heterocycles. The Kier molecular flexibility index (Phi) is 4.50. The summed E-state index contributed by atoms with van der Waals surface area (Å²) in [5, 5.41) is 0. The molecule has 0 radical (unpaired) electrons. The van der Waals surface area contributed by atoms with Crippen LogP contribution in [0.1, 0.15) is 32.1 Å². The second kappa shape index (κ2) is 5.52. The third-order valence-electron chi connectivity index (χ3n) is 2.11. The van der Waals surface area contributed by atoms with E-state index < -0.39 is 0 Å². The highest BCUT2D eigenvalue weighted by molar-refractivity contribution is 4.64. The fourth-order valence-electron chi connectivity index (χ4n) is 1.49. The fraction of sp³-hybridized carbons (Fsp3) is 1.00. The molecule has 2 N–H and O–H groups in total. The SMILES string of the molecule is NOCCOC1CCCCC1. The van der Waals surface area contributed by atoms with Crippen LogP contribution in [0.5, 0.6) is 0 Å². The lowest BCUT2D eigenvalue weighted by Gasteiger charge is -2.21. The molecule has 1 aliphatic carbocycles. The van der Waals surface area contributed by atoms with Crippen LogP contribution >= 0.6 is 0 Å². The van der Waals surface area contributed by atoms with Gasteiger partial charge in [-0.05, 0) is 12.8 Å². The van der Waals surface area contributed by atoms with Crippen molar-refractivity contribution in [2.45, 2.75) is 38.2 Å². The van der Waals surface area contributed by atoms with Gasteiger partial charge in [0, 0.05) is 0 Å². The second-order valence-corrected chi connectivity index (χ2v) is 3.00. The van der Waals surface area contributed by atoms with Gasteiger partial charge in [0.15, 0.2) is 0 Å². The molecule has 1 saturated carbocycles. The van der Waals surface area contributed by atoms with Crippen LogP contribution < -0.4 is 5.90 Å². The monoisotopic (exact) mass is 159 g/mol. The maximum Gasteiger partial charge on any atom is 0.0913 e. The lowest BCUT2D eigenvalue weighted by molar-refractivity contribution is -0.0105. The summed E-state index contributed by atoms with van der Waals surface area (Å²) in [4.78, 5) is 4.41. The van der Waals surface area contributed by atoms with E-state index in [2.05, 4.69) is 4.84 Å². The predicted molar refractivity (Wildman–Crippen MR) is 43.0 cm³/mol. The van der Waals surface area contributed by atoms with Crippen LogP contribution in [0.4, 0.5) is 0 Å². The van der Waals surface area contributed by atoms with Crippen molar-refractivity contribution in [3.05, 3.63) is 0 Å². The Morgan fingerprint density at radius 2 is 1.82 bits per heavy atom. The second-order valence-electron chi connectivity index (χ2n) is 3.00. The minimum atomic E-state index is 0.471. The van der Waals surface area contributed by atoms with Gasteiger partial charge in [-0.25, -0.2) is 5.90 Å². The topological polar surface area (TPSA) is 44.5 Å². The molecule has 0 saturated heterocycles. The van der Waals surface area contributed by atoms with Gasteiger partial charge in [0.05, 0.1) is 19.3 Å². The normalized spacial score (nSPS) is 20.5. The zero-order valence-corrected chi connectivity index (χ0v) is 6.92. The van der Waals surface area contributed by atoms with E-state index in [1.807, 2.05) is 0 Å². The molecule has 0 bridgehead atoms. The first kappa shape index (κ1) is 8.97. The Morgan fingerprint density at radius 1 is 1.09 bits per heavy atom. The van der Waals surface area contributed by atoms with Gasteiger partial charge in [-0.3, -0.25) is 0 Å². The summed E-state index contributed by atoms with van der Waals surface area (Å²) in [6.45, 7) is 1.15. The number of nitrogens with two attached hydrogens (primary N) is 1. The highest BCUT2D eigenvalue weighted by atomic mass is 16.6. The summed E-state index contributed by atoms with van der Waals surface area (Å²) in [5.41, 5.74) is 0. The van der Waals surface area contributed by atoms with Crippen LogP contribution in [0.2, 0.25) is 0 Å². The van der Waals surface area contributed by atoms with Crippen molar-refractivity contribution in [3.8, 4) is 0 Å². The summed E-state index contributed by atoms with van der Waals surface area (Å²) < 4.78 is 5.52. The van der Waals surface area contributed by atoms with Crippen LogP contribution in [0.3, 0.4) is 0 Å². The highest BCUT2D eigenvalue weighted by Crippen LogP contribution is 2.19. The maximum atomic E-state index is 5.52. The van der Waals surface area contributed by atoms with Gasteiger partial charge >= 0.3 is 0 Å². The van der Waals surface area contributed by atoms with Gasteiger partial charge in [-0.15, -0.1) is 0 Å². The van der Waals surface area contributed by atoms with Crippen LogP contribution in [0.15, 0.2) is 0 Å². The Labute approximate surface area is 67.8 Å². The van der Waals surface area contributed by atoms with Crippen molar-refractivity contribution in [2.24, 2.45) is 5.90 Å². The summed E-state index contributed by atoms with van der Waals surface area (Å²) in [6, 6.07) is 0. The molecule has 1 fully saturated rings. The lowest BCUT2D eigenvalue weighted by Crippen LogP contribution is -2.19. The third kappa shape index (κ3) is 3.70. The average molecular weight is 159 g/mol. The van der Waals surface area contributed by atoms with Gasteiger partial charge in [-0.1, -0.05) is 19.3 Å². The van der Waals surface area contributed by atoms with E-state index in [0.29, 0.717) is 19.3 Å². The number of rotatable bonds is 4. The zero-order chi connectivity index (χ0) is 7.94. The summed E-state index contributed by atoms with van der Waals surface area (Å²) in [6.07, 6.45) is 6.89. The molecular weight excluding hydrogens is 142 g/mol. The minimum absolute atomic E-state index is 0.471. The smallest absolute Gasteiger partial charge is 0.0913 e. The zero-order valence-electron chi connectivity index (χ0n) is 6.92. The highest BCUT2D eigenvalue weighted by Gasteiger charge is 2.12. The quantitative estimate of drug-likeness (QED) is 0.495. The molecule has 0 unspecified atom stereocenters. The van der Waals surface area contributed by atoms with E-state index >= 15 is 0 Å². The predicted octanol–water partition coefficient (Wildman–Crippen LogP) is 1.23. The van der Waals surface area contributed by atoms with Crippen LogP contribution in [-0.4, -0.2) is 19.3 Å². The third-order valence-corrected chi connectivity index (χ3v) is 2.11. The molecule has 0 atom stereocenters. The van der Waals surface area contributed by atoms with Crippen molar-refractivity contribution >= 4 is 0 Å². The molecule has 0 amide bonds. The van der Waals surface area contributed by atoms with E-state index in [0.717, 1.165) is 0 Å². The van der Waals surface area contributed by atoms with Crippen LogP contribution in [-0.2, 0) is 9.57 Å². The van der Waals surface area contributed by atoms with E-state index in [1.54, 1.807) is 0 Å². The first-order valence-corrected chi connectivity index (χ1v) is 4.37. The van der Waals surface area contributed by atoms with Crippen LogP contribution in [0, 0.1) is 0 Å². The average Bonchev–Trinajstić information content (AvgIpc) is 2.07. The van der Waals surface area contributed by atoms with Crippen molar-refractivity contribution in [3.63, 3.8) is 0 Å². The summed E-state index contributed by atoms with van der Waals surface area (Å²) >= 11 is 0. The van der Waals surface area contributed by atoms with Gasteiger partial charge in [0.25, 0.3) is 0 Å². The van der Waals surface area contributed by atoms with Gasteiger partial charge < -0.3 is 9.57 Å². The van der Waals surface area contributed by atoms with Crippen LogP contribution in [0.25, 0.3) is 0 Å². The molecule has 3 heteroatoms. The molecule has 1 aliphatic rings. The van der Waals surface area contributed by atoms with E-state index in [4.69, 9.17) is 10.6 Å². The van der Waals surface area contributed by atoms with Crippen molar-refractivity contribution < 1.29 is 9.57 Å². The van der Waals surface area contributed by atoms with Gasteiger partial charge in [0.1, 0.15) is 0 Å². The summed E-state index contributed by atoms with van der Waals surface area (Å²) in [5.74, 6) is 4.86. The Morgan fingerprint density at radius 3 is 2.45 bits per heavy atom. The lowest BCUT2D eigenvalue weighted by atomic mass is 9.98. The van der Waals surface area contributed by atoms with E-state index in [9.17, 15) is 0 Å². The van der Waals surface area contributed by atoms with E-state index in [-0.39, 0.29) is 0 Å². The maximum absolute atomic E-state index is 5.52. The molecule has 1 rings (SSSR count).